The van der Waals surface area contributed by atoms with E-state index < -0.39 is 11.9 Å². The van der Waals surface area contributed by atoms with Crippen LogP contribution in [0.2, 0.25) is 0 Å². The number of nitrogens with zero attached hydrogens (tertiary/aromatic N) is 1. The van der Waals surface area contributed by atoms with Gasteiger partial charge in [0.2, 0.25) is 5.82 Å². The molecule has 0 atom stereocenters. The van der Waals surface area contributed by atoms with E-state index in [4.69, 9.17) is 9.84 Å². The number of imidazole rings is 1. The maximum atomic E-state index is 11.8. The maximum absolute atomic E-state index is 11.8. The van der Waals surface area contributed by atoms with Gasteiger partial charge in [-0.15, -0.1) is 0 Å². The zero-order valence-electron chi connectivity index (χ0n) is 10.2. The molecule has 98 valence electrons. The van der Waals surface area contributed by atoms with E-state index in [9.17, 15) is 9.59 Å². The summed E-state index contributed by atoms with van der Waals surface area (Å²) in [6.07, 6.45) is 1.38. The number of aromatic nitrogens is 2. The zero-order valence-corrected chi connectivity index (χ0v) is 10.2. The van der Waals surface area contributed by atoms with Crippen molar-refractivity contribution in [3.8, 4) is 11.3 Å². The fraction of sp³-hybridized carbons (Fsp3) is 0.154. The number of aromatic carboxylic acids is 1. The average Bonchev–Trinajstić information content (AvgIpc) is 2.88. The molecule has 1 heterocycles. The Balaban J connectivity index is 2.43. The van der Waals surface area contributed by atoms with E-state index in [0.717, 1.165) is 0 Å². The number of aromatic amines is 1. The molecule has 2 aromatic rings. The number of ether oxygens (including phenoxy) is 1. The minimum atomic E-state index is -1.15. The van der Waals surface area contributed by atoms with Crippen molar-refractivity contribution in [2.45, 2.75) is 6.92 Å². The van der Waals surface area contributed by atoms with Crippen LogP contribution in [-0.2, 0) is 4.74 Å². The molecule has 6 nitrogen and oxygen atoms in total. The van der Waals surface area contributed by atoms with Crippen molar-refractivity contribution in [3.05, 3.63) is 41.9 Å². The molecule has 0 aliphatic carbocycles. The van der Waals surface area contributed by atoms with E-state index in [0.29, 0.717) is 16.8 Å². The van der Waals surface area contributed by atoms with E-state index >= 15 is 0 Å². The highest BCUT2D eigenvalue weighted by atomic mass is 16.5. The van der Waals surface area contributed by atoms with Gasteiger partial charge in [-0.1, -0.05) is 18.2 Å². The number of hydrogen-bond acceptors (Lipinski definition) is 4. The van der Waals surface area contributed by atoms with E-state index in [2.05, 4.69) is 9.97 Å². The topological polar surface area (TPSA) is 92.3 Å². The Kier molecular flexibility index (Phi) is 3.61. The van der Waals surface area contributed by atoms with Crippen molar-refractivity contribution in [2.24, 2.45) is 0 Å². The lowest BCUT2D eigenvalue weighted by molar-refractivity contribution is 0.0526. The fourth-order valence-electron chi connectivity index (χ4n) is 1.67. The number of carboxylic acid groups (broad SMARTS) is 1. The Labute approximate surface area is 109 Å². The van der Waals surface area contributed by atoms with Gasteiger partial charge >= 0.3 is 11.9 Å². The molecule has 0 unspecified atom stereocenters. The van der Waals surface area contributed by atoms with Gasteiger partial charge in [0.1, 0.15) is 0 Å². The molecule has 0 spiro atoms. The molecular formula is C13H12N2O4. The lowest BCUT2D eigenvalue weighted by Gasteiger charge is -2.06. The van der Waals surface area contributed by atoms with Crippen molar-refractivity contribution < 1.29 is 19.4 Å². The number of hydrogen-bond donors (Lipinski definition) is 2. The van der Waals surface area contributed by atoms with Crippen LogP contribution >= 0.6 is 0 Å². The summed E-state index contributed by atoms with van der Waals surface area (Å²) in [5, 5.41) is 8.82. The monoisotopic (exact) mass is 260 g/mol. The molecule has 0 amide bonds. The molecular weight excluding hydrogens is 248 g/mol. The van der Waals surface area contributed by atoms with Gasteiger partial charge in [0.15, 0.2) is 0 Å². The van der Waals surface area contributed by atoms with Crippen molar-refractivity contribution in [3.63, 3.8) is 0 Å². The van der Waals surface area contributed by atoms with Gasteiger partial charge in [-0.25, -0.2) is 14.6 Å². The van der Waals surface area contributed by atoms with Crippen molar-refractivity contribution in [2.75, 3.05) is 6.61 Å². The predicted molar refractivity (Wildman–Crippen MR) is 66.9 cm³/mol. The summed E-state index contributed by atoms with van der Waals surface area (Å²) in [5.41, 5.74) is 1.38. The maximum Gasteiger partial charge on any atom is 0.371 e. The number of rotatable bonds is 4. The summed E-state index contributed by atoms with van der Waals surface area (Å²) >= 11 is 0. The second-order valence-corrected chi connectivity index (χ2v) is 3.72. The quantitative estimate of drug-likeness (QED) is 0.820. The Morgan fingerprint density at radius 2 is 2.11 bits per heavy atom. The number of nitrogens with one attached hydrogen (secondary N) is 1. The average molecular weight is 260 g/mol. The van der Waals surface area contributed by atoms with Crippen LogP contribution in [0.3, 0.4) is 0 Å². The van der Waals surface area contributed by atoms with Gasteiger partial charge in [-0.2, -0.15) is 0 Å². The standard InChI is InChI=1S/C13H12N2O4/c1-2-19-13(18)9-6-4-3-5-8(9)10-7-14-11(15-10)12(16)17/h3-7H,2H2,1H3,(H,14,15)(H,16,17). The second kappa shape index (κ2) is 5.34. The Bertz CT molecular complexity index is 619. The van der Waals surface area contributed by atoms with Crippen LogP contribution in [-0.4, -0.2) is 33.6 Å². The van der Waals surface area contributed by atoms with Crippen LogP contribution in [0.15, 0.2) is 30.5 Å². The summed E-state index contributed by atoms with van der Waals surface area (Å²) in [6, 6.07) is 6.78. The molecule has 2 N–H and O–H groups in total. The Hall–Kier alpha value is -2.63. The smallest absolute Gasteiger partial charge is 0.371 e. The number of carbonyl (C=O) groups is 2. The van der Waals surface area contributed by atoms with E-state index in [1.54, 1.807) is 31.2 Å². The SMILES string of the molecule is CCOC(=O)c1ccccc1-c1cnc(C(=O)O)[nH]1. The number of carbonyl (C=O) groups excluding carboxylic acids is 1. The molecule has 1 aromatic carbocycles. The Morgan fingerprint density at radius 1 is 1.37 bits per heavy atom. The summed E-state index contributed by atoms with van der Waals surface area (Å²) in [4.78, 5) is 29.0. The van der Waals surface area contributed by atoms with E-state index in [1.165, 1.54) is 6.20 Å². The third-order valence-corrected chi connectivity index (χ3v) is 2.49. The van der Waals surface area contributed by atoms with Crippen LogP contribution in [0.1, 0.15) is 27.9 Å². The van der Waals surface area contributed by atoms with Crippen molar-refractivity contribution in [1.29, 1.82) is 0 Å². The highest BCUT2D eigenvalue weighted by Gasteiger charge is 2.16. The van der Waals surface area contributed by atoms with Gasteiger partial charge < -0.3 is 14.8 Å². The third kappa shape index (κ3) is 2.62. The number of benzene rings is 1. The molecule has 0 aliphatic heterocycles. The summed E-state index contributed by atoms with van der Waals surface area (Å²) in [6.45, 7) is 2.00. The fourth-order valence-corrected chi connectivity index (χ4v) is 1.67. The first-order chi connectivity index (χ1) is 9.13. The molecule has 1 aromatic heterocycles. The number of esters is 1. The number of carboxylic acids is 1. The summed E-state index contributed by atoms with van der Waals surface area (Å²) in [7, 11) is 0. The molecule has 0 saturated carbocycles. The minimum Gasteiger partial charge on any atom is -0.475 e. The molecule has 2 rings (SSSR count). The van der Waals surface area contributed by atoms with Gasteiger partial charge in [0.25, 0.3) is 0 Å². The van der Waals surface area contributed by atoms with E-state index in [-0.39, 0.29) is 12.4 Å². The second-order valence-electron chi connectivity index (χ2n) is 3.72. The van der Waals surface area contributed by atoms with E-state index in [1.807, 2.05) is 0 Å². The molecule has 0 fully saturated rings. The van der Waals surface area contributed by atoms with Crippen molar-refractivity contribution >= 4 is 11.9 Å². The van der Waals surface area contributed by atoms with Gasteiger partial charge in [-0.3, -0.25) is 0 Å². The first-order valence-corrected chi connectivity index (χ1v) is 5.68. The third-order valence-electron chi connectivity index (χ3n) is 2.49. The van der Waals surface area contributed by atoms with Crippen LogP contribution in [0, 0.1) is 0 Å². The Morgan fingerprint density at radius 3 is 2.74 bits per heavy atom. The molecule has 0 radical (unpaired) electrons. The summed E-state index contributed by atoms with van der Waals surface area (Å²) in [5.74, 6) is -1.78. The normalized spacial score (nSPS) is 10.2. The highest BCUT2D eigenvalue weighted by Crippen LogP contribution is 2.22. The molecule has 0 aliphatic rings. The predicted octanol–water partition coefficient (Wildman–Crippen LogP) is 1.95. The minimum absolute atomic E-state index is 0.173. The number of H-pyrrole nitrogens is 1. The lowest BCUT2D eigenvalue weighted by Crippen LogP contribution is -2.06. The van der Waals surface area contributed by atoms with Gasteiger partial charge in [-0.05, 0) is 13.0 Å². The largest absolute Gasteiger partial charge is 0.475 e. The lowest BCUT2D eigenvalue weighted by atomic mass is 10.1. The van der Waals surface area contributed by atoms with Crippen LogP contribution < -0.4 is 0 Å². The van der Waals surface area contributed by atoms with Crippen LogP contribution in [0.5, 0.6) is 0 Å². The molecule has 19 heavy (non-hydrogen) atoms. The summed E-state index contributed by atoms with van der Waals surface area (Å²) < 4.78 is 4.95. The molecule has 0 saturated heterocycles. The first-order valence-electron chi connectivity index (χ1n) is 5.68. The molecule has 6 heteroatoms. The van der Waals surface area contributed by atoms with Gasteiger partial charge in [0.05, 0.1) is 24.1 Å². The zero-order chi connectivity index (χ0) is 13.8. The first kappa shape index (κ1) is 12.8. The van der Waals surface area contributed by atoms with Gasteiger partial charge in [0, 0.05) is 5.56 Å². The van der Waals surface area contributed by atoms with Crippen LogP contribution in [0.25, 0.3) is 11.3 Å². The van der Waals surface area contributed by atoms with Crippen LogP contribution in [0.4, 0.5) is 0 Å². The molecule has 0 bridgehead atoms. The van der Waals surface area contributed by atoms with Crippen molar-refractivity contribution in [1.82, 2.24) is 9.97 Å². The highest BCUT2D eigenvalue weighted by molar-refractivity contribution is 5.97.